The summed E-state index contributed by atoms with van der Waals surface area (Å²) in [5.74, 6) is 0. The number of H-pyrrole nitrogens is 1. The number of nitrogen functional groups attached to an aromatic ring is 1. The minimum Gasteiger partial charge on any atom is -0.399 e. The van der Waals surface area contributed by atoms with Crippen LogP contribution in [0.25, 0.3) is 10.9 Å². The van der Waals surface area contributed by atoms with Gasteiger partial charge in [0.2, 0.25) is 10.0 Å². The molecular weight excluding hydrogens is 286 g/mol. The number of nitrogens with two attached hydrogens (primary N) is 1. The summed E-state index contributed by atoms with van der Waals surface area (Å²) in [6.45, 7) is 6.01. The fourth-order valence-electron chi connectivity index (χ4n) is 2.64. The lowest BCUT2D eigenvalue weighted by atomic mass is 9.91. The zero-order valence-electron chi connectivity index (χ0n) is 12.7. The van der Waals surface area contributed by atoms with Gasteiger partial charge < -0.3 is 10.7 Å². The van der Waals surface area contributed by atoms with Crippen molar-refractivity contribution in [1.29, 1.82) is 0 Å². The highest BCUT2D eigenvalue weighted by molar-refractivity contribution is 7.89. The third-order valence-corrected chi connectivity index (χ3v) is 5.96. The van der Waals surface area contributed by atoms with Gasteiger partial charge in [-0.15, -0.1) is 0 Å². The van der Waals surface area contributed by atoms with Gasteiger partial charge in [-0.3, -0.25) is 0 Å². The van der Waals surface area contributed by atoms with Gasteiger partial charge >= 0.3 is 0 Å². The first kappa shape index (κ1) is 15.9. The molecule has 6 heteroatoms. The quantitative estimate of drug-likeness (QED) is 0.717. The lowest BCUT2D eigenvalue weighted by Gasteiger charge is -2.31. The first-order chi connectivity index (χ1) is 9.87. The van der Waals surface area contributed by atoms with Crippen LogP contribution in [0.2, 0.25) is 0 Å². The van der Waals surface area contributed by atoms with Crippen LogP contribution < -0.4 is 10.5 Å². The van der Waals surface area contributed by atoms with Crippen molar-refractivity contribution < 1.29 is 8.42 Å². The average Bonchev–Trinajstić information content (AvgIpc) is 2.88. The predicted molar refractivity (Wildman–Crippen MR) is 86.6 cm³/mol. The summed E-state index contributed by atoms with van der Waals surface area (Å²) >= 11 is 0. The Labute approximate surface area is 126 Å². The largest absolute Gasteiger partial charge is 0.399 e. The molecule has 0 saturated heterocycles. The molecule has 4 N–H and O–H groups in total. The predicted octanol–water partition coefficient (Wildman–Crippen LogP) is 3.00. The molecule has 0 saturated carbocycles. The molecule has 5 nitrogen and oxygen atoms in total. The Morgan fingerprint density at radius 3 is 2.38 bits per heavy atom. The molecule has 2 aromatic rings. The fraction of sp³-hybridized carbons (Fsp3) is 0.467. The number of benzene rings is 1. The molecule has 0 atom stereocenters. The Hall–Kier alpha value is -1.53. The minimum absolute atomic E-state index is 0.254. The van der Waals surface area contributed by atoms with Gasteiger partial charge in [0.1, 0.15) is 4.90 Å². The van der Waals surface area contributed by atoms with Gasteiger partial charge in [-0.1, -0.05) is 20.8 Å². The monoisotopic (exact) mass is 309 g/mol. The molecule has 0 fully saturated rings. The van der Waals surface area contributed by atoms with Gasteiger partial charge in [-0.2, -0.15) is 0 Å². The number of nitrogens with one attached hydrogen (secondary N) is 2. The van der Waals surface area contributed by atoms with Crippen molar-refractivity contribution in [3.05, 3.63) is 24.4 Å². The molecule has 0 amide bonds. The van der Waals surface area contributed by atoms with Crippen LogP contribution in [0.4, 0.5) is 5.69 Å². The van der Waals surface area contributed by atoms with Gasteiger partial charge in [0.05, 0.1) is 0 Å². The molecule has 0 bridgehead atoms. The number of hydrogen-bond donors (Lipinski definition) is 3. The van der Waals surface area contributed by atoms with Crippen LogP contribution in [-0.4, -0.2) is 18.9 Å². The first-order valence-corrected chi connectivity index (χ1v) is 8.76. The van der Waals surface area contributed by atoms with Crippen molar-refractivity contribution >= 4 is 26.6 Å². The second kappa shape index (κ2) is 5.69. The fourth-order valence-corrected chi connectivity index (χ4v) is 4.43. The van der Waals surface area contributed by atoms with Crippen LogP contribution in [0.5, 0.6) is 0 Å². The van der Waals surface area contributed by atoms with Crippen molar-refractivity contribution in [2.45, 2.75) is 50.5 Å². The Kier molecular flexibility index (Phi) is 4.30. The van der Waals surface area contributed by atoms with E-state index in [9.17, 15) is 8.42 Å². The highest BCUT2D eigenvalue weighted by atomic mass is 32.2. The number of rotatable bonds is 6. The number of aromatic amines is 1. The molecule has 1 aromatic heterocycles. The van der Waals surface area contributed by atoms with Gasteiger partial charge in [-0.25, -0.2) is 13.1 Å². The smallest absolute Gasteiger partial charge is 0.243 e. The summed E-state index contributed by atoms with van der Waals surface area (Å²) in [4.78, 5) is 3.24. The maximum absolute atomic E-state index is 12.7. The second-order valence-electron chi connectivity index (χ2n) is 5.40. The average molecular weight is 309 g/mol. The molecule has 0 aliphatic carbocycles. The lowest BCUT2D eigenvalue weighted by molar-refractivity contribution is 0.342. The van der Waals surface area contributed by atoms with Crippen LogP contribution in [0.3, 0.4) is 0 Å². The SMILES string of the molecule is CCC(CC)(CC)NS(=O)(=O)c1c[nH]c2ccc(N)cc12. The second-order valence-corrected chi connectivity index (χ2v) is 7.06. The highest BCUT2D eigenvalue weighted by Gasteiger charge is 2.31. The van der Waals surface area contributed by atoms with Gasteiger partial charge in [-0.05, 0) is 37.5 Å². The number of aromatic nitrogens is 1. The molecular formula is C15H23N3O2S. The molecule has 0 aliphatic rings. The molecule has 0 unspecified atom stereocenters. The van der Waals surface area contributed by atoms with Crippen molar-refractivity contribution in [3.63, 3.8) is 0 Å². The molecule has 1 heterocycles. The lowest BCUT2D eigenvalue weighted by Crippen LogP contribution is -2.46. The number of fused-ring (bicyclic) bond motifs is 1. The summed E-state index contributed by atoms with van der Waals surface area (Å²) in [6, 6.07) is 5.22. The van der Waals surface area contributed by atoms with E-state index in [0.717, 1.165) is 24.8 Å². The summed E-state index contributed by atoms with van der Waals surface area (Å²) < 4.78 is 28.4. The standard InChI is InChI=1S/C15H23N3O2S/c1-4-15(5-2,6-3)18-21(19,20)14-10-17-13-8-7-11(16)9-12(13)14/h7-10,17-18H,4-6,16H2,1-3H3. The zero-order valence-corrected chi connectivity index (χ0v) is 13.5. The van der Waals surface area contributed by atoms with E-state index in [1.54, 1.807) is 18.2 Å². The van der Waals surface area contributed by atoms with E-state index in [0.29, 0.717) is 11.1 Å². The summed E-state index contributed by atoms with van der Waals surface area (Å²) in [5.41, 5.74) is 6.68. The third kappa shape index (κ3) is 2.91. The Bertz CT molecular complexity index is 722. The molecule has 0 spiro atoms. The Morgan fingerprint density at radius 2 is 1.81 bits per heavy atom. The van der Waals surface area contributed by atoms with Gasteiger partial charge in [0.15, 0.2) is 0 Å². The van der Waals surface area contributed by atoms with Gasteiger partial charge in [0.25, 0.3) is 0 Å². The van der Waals surface area contributed by atoms with E-state index in [2.05, 4.69) is 9.71 Å². The van der Waals surface area contributed by atoms with Crippen molar-refractivity contribution in [2.75, 3.05) is 5.73 Å². The summed E-state index contributed by atoms with van der Waals surface area (Å²) in [7, 11) is -3.59. The molecule has 21 heavy (non-hydrogen) atoms. The van der Waals surface area contributed by atoms with Crippen molar-refractivity contribution in [2.24, 2.45) is 0 Å². The van der Waals surface area contributed by atoms with E-state index in [1.165, 1.54) is 6.20 Å². The van der Waals surface area contributed by atoms with Crippen LogP contribution in [-0.2, 0) is 10.0 Å². The summed E-state index contributed by atoms with van der Waals surface area (Å²) in [6.07, 6.45) is 3.79. The normalized spacial score (nSPS) is 12.9. The highest BCUT2D eigenvalue weighted by Crippen LogP contribution is 2.28. The molecule has 0 radical (unpaired) electrons. The first-order valence-electron chi connectivity index (χ1n) is 7.28. The van der Waals surface area contributed by atoms with Crippen LogP contribution >= 0.6 is 0 Å². The van der Waals surface area contributed by atoms with E-state index in [4.69, 9.17) is 5.73 Å². The topological polar surface area (TPSA) is 88.0 Å². The van der Waals surface area contributed by atoms with Crippen molar-refractivity contribution in [1.82, 2.24) is 9.71 Å². The number of anilines is 1. The van der Waals surface area contributed by atoms with E-state index in [1.807, 2.05) is 20.8 Å². The third-order valence-electron chi connectivity index (χ3n) is 4.34. The summed E-state index contributed by atoms with van der Waals surface area (Å²) in [5, 5.41) is 0.625. The van der Waals surface area contributed by atoms with Crippen LogP contribution in [0.15, 0.2) is 29.3 Å². The molecule has 1 aromatic carbocycles. The van der Waals surface area contributed by atoms with E-state index in [-0.39, 0.29) is 4.90 Å². The van der Waals surface area contributed by atoms with Crippen LogP contribution in [0, 0.1) is 0 Å². The van der Waals surface area contributed by atoms with Gasteiger partial charge in [0, 0.05) is 28.3 Å². The minimum atomic E-state index is -3.59. The maximum atomic E-state index is 12.7. The Balaban J connectivity index is 2.49. The number of hydrogen-bond acceptors (Lipinski definition) is 3. The van der Waals surface area contributed by atoms with E-state index < -0.39 is 15.6 Å². The molecule has 2 rings (SSSR count). The number of sulfonamides is 1. The zero-order chi connectivity index (χ0) is 15.7. The van der Waals surface area contributed by atoms with E-state index >= 15 is 0 Å². The Morgan fingerprint density at radius 1 is 1.19 bits per heavy atom. The molecule has 116 valence electrons. The maximum Gasteiger partial charge on any atom is 0.243 e. The van der Waals surface area contributed by atoms with Crippen molar-refractivity contribution in [3.8, 4) is 0 Å². The molecule has 0 aliphatic heterocycles. The van der Waals surface area contributed by atoms with Crippen LogP contribution in [0.1, 0.15) is 40.0 Å².